The van der Waals surface area contributed by atoms with Gasteiger partial charge in [0.15, 0.2) is 0 Å². The first-order chi connectivity index (χ1) is 12.4. The van der Waals surface area contributed by atoms with Crippen LogP contribution >= 0.6 is 11.6 Å². The number of rotatable bonds is 5. The van der Waals surface area contributed by atoms with Gasteiger partial charge in [0.1, 0.15) is 17.8 Å². The molecule has 2 aliphatic heterocycles. The molecular formula is C16H13ClFN3O5. The van der Waals surface area contributed by atoms with Crippen molar-refractivity contribution in [3.05, 3.63) is 35.7 Å². The van der Waals surface area contributed by atoms with E-state index in [9.17, 15) is 23.6 Å². The first-order valence-corrected chi connectivity index (χ1v) is 8.10. The van der Waals surface area contributed by atoms with Gasteiger partial charge >= 0.3 is 6.09 Å². The Morgan fingerprint density at radius 3 is 2.77 bits per heavy atom. The van der Waals surface area contributed by atoms with Crippen molar-refractivity contribution in [1.29, 1.82) is 0 Å². The average molecular weight is 382 g/mol. The standard InChI is InChI=1S/C16H13ClFN3O5/c17-5-14(23)19-6-9-7-21(16(25)26-9)8-1-2-10(12(18)3-8)11-4-13(22)20-15(11)24/h1-4,9H,5-7H2,(H,19,23)(H,20,22,24)/t9-/m0/s1. The Hall–Kier alpha value is -2.94. The molecule has 1 aromatic rings. The Balaban J connectivity index is 1.74. The molecule has 1 atom stereocenters. The number of ether oxygens (including phenoxy) is 1. The average Bonchev–Trinajstić information content (AvgIpc) is 3.14. The first-order valence-electron chi connectivity index (χ1n) is 7.56. The molecule has 1 fully saturated rings. The van der Waals surface area contributed by atoms with E-state index in [0.717, 1.165) is 12.1 Å². The molecule has 2 N–H and O–H groups in total. The summed E-state index contributed by atoms with van der Waals surface area (Å²) in [5.74, 6) is -2.65. The molecule has 10 heteroatoms. The maximum atomic E-state index is 14.4. The number of nitrogens with zero attached hydrogens (tertiary/aromatic N) is 1. The van der Waals surface area contributed by atoms with Crippen LogP contribution in [0.2, 0.25) is 0 Å². The minimum atomic E-state index is -0.759. The summed E-state index contributed by atoms with van der Waals surface area (Å²) in [4.78, 5) is 47.2. The second-order valence-corrected chi connectivity index (χ2v) is 5.86. The van der Waals surface area contributed by atoms with Crippen molar-refractivity contribution >= 4 is 46.7 Å². The van der Waals surface area contributed by atoms with Crippen LogP contribution in [0.1, 0.15) is 5.56 Å². The third-order valence-electron chi connectivity index (χ3n) is 3.83. The summed E-state index contributed by atoms with van der Waals surface area (Å²) < 4.78 is 19.5. The Bertz CT molecular complexity index is 841. The first kappa shape index (κ1) is 17.9. The highest BCUT2D eigenvalue weighted by Gasteiger charge is 2.33. The highest BCUT2D eigenvalue weighted by molar-refractivity contribution is 6.33. The molecule has 0 spiro atoms. The van der Waals surface area contributed by atoms with Crippen LogP contribution in [0.25, 0.3) is 5.57 Å². The van der Waals surface area contributed by atoms with E-state index in [2.05, 4.69) is 5.32 Å². The van der Waals surface area contributed by atoms with Crippen molar-refractivity contribution in [2.45, 2.75) is 6.10 Å². The van der Waals surface area contributed by atoms with Crippen molar-refractivity contribution in [1.82, 2.24) is 10.6 Å². The minimum absolute atomic E-state index is 0.0457. The molecule has 0 aliphatic carbocycles. The van der Waals surface area contributed by atoms with E-state index in [1.807, 2.05) is 5.32 Å². The normalized spacial score (nSPS) is 19.3. The van der Waals surface area contributed by atoms with Crippen molar-refractivity contribution in [2.24, 2.45) is 0 Å². The van der Waals surface area contributed by atoms with Gasteiger partial charge in [-0.3, -0.25) is 24.6 Å². The number of halogens is 2. The number of hydrogen-bond acceptors (Lipinski definition) is 5. The summed E-state index contributed by atoms with van der Waals surface area (Å²) in [6.45, 7) is 0.200. The number of nitrogens with one attached hydrogen (secondary N) is 2. The van der Waals surface area contributed by atoms with E-state index in [-0.39, 0.29) is 35.8 Å². The summed E-state index contributed by atoms with van der Waals surface area (Å²) in [5, 5.41) is 4.54. The molecule has 2 heterocycles. The number of hydrogen-bond donors (Lipinski definition) is 2. The lowest BCUT2D eigenvalue weighted by molar-refractivity contribution is -0.123. The highest BCUT2D eigenvalue weighted by Crippen LogP contribution is 2.28. The van der Waals surface area contributed by atoms with Gasteiger partial charge in [-0.1, -0.05) is 0 Å². The van der Waals surface area contributed by atoms with Gasteiger partial charge in [0.2, 0.25) is 5.91 Å². The number of imide groups is 1. The molecule has 0 bridgehead atoms. The maximum Gasteiger partial charge on any atom is 0.414 e. The molecule has 4 amide bonds. The molecule has 26 heavy (non-hydrogen) atoms. The predicted molar refractivity (Wildman–Crippen MR) is 88.9 cm³/mol. The summed E-state index contributed by atoms with van der Waals surface area (Å²) in [7, 11) is 0. The fraction of sp³-hybridized carbons (Fsp3) is 0.250. The molecule has 2 aliphatic rings. The van der Waals surface area contributed by atoms with Gasteiger partial charge in [0.25, 0.3) is 11.8 Å². The van der Waals surface area contributed by atoms with Crippen molar-refractivity contribution in [2.75, 3.05) is 23.9 Å². The lowest BCUT2D eigenvalue weighted by Crippen LogP contribution is -2.35. The zero-order valence-electron chi connectivity index (χ0n) is 13.3. The van der Waals surface area contributed by atoms with Crippen LogP contribution in [-0.4, -0.2) is 48.9 Å². The molecule has 136 valence electrons. The van der Waals surface area contributed by atoms with Crippen LogP contribution in [0.15, 0.2) is 24.3 Å². The second kappa shape index (κ2) is 7.12. The molecule has 1 aromatic carbocycles. The molecule has 8 nitrogen and oxygen atoms in total. The molecule has 0 unspecified atom stereocenters. The van der Waals surface area contributed by atoms with Crippen LogP contribution in [0.3, 0.4) is 0 Å². The highest BCUT2D eigenvalue weighted by atomic mass is 35.5. The van der Waals surface area contributed by atoms with Crippen molar-refractivity contribution < 1.29 is 28.3 Å². The van der Waals surface area contributed by atoms with E-state index in [1.165, 1.54) is 17.0 Å². The van der Waals surface area contributed by atoms with Gasteiger partial charge in [-0.15, -0.1) is 11.6 Å². The number of carbonyl (C=O) groups is 4. The number of cyclic esters (lactones) is 1. The smallest absolute Gasteiger partial charge is 0.414 e. The summed E-state index contributed by atoms with van der Waals surface area (Å²) in [6.07, 6.45) is -0.270. The monoisotopic (exact) mass is 381 g/mol. The number of amides is 4. The Kier molecular flexibility index (Phi) is 4.90. The van der Waals surface area contributed by atoms with Crippen molar-refractivity contribution in [3.63, 3.8) is 0 Å². The fourth-order valence-corrected chi connectivity index (χ4v) is 2.71. The lowest BCUT2D eigenvalue weighted by Gasteiger charge is -2.14. The van der Waals surface area contributed by atoms with E-state index in [0.29, 0.717) is 0 Å². The van der Waals surface area contributed by atoms with Crippen LogP contribution < -0.4 is 15.5 Å². The quantitative estimate of drug-likeness (QED) is 0.572. The second-order valence-electron chi connectivity index (χ2n) is 5.59. The Morgan fingerprint density at radius 2 is 2.15 bits per heavy atom. The number of alkyl halides is 1. The summed E-state index contributed by atoms with van der Waals surface area (Å²) in [6, 6.07) is 3.83. The largest absolute Gasteiger partial charge is 0.442 e. The molecular weight excluding hydrogens is 369 g/mol. The molecule has 0 aromatic heterocycles. The van der Waals surface area contributed by atoms with E-state index in [1.54, 1.807) is 0 Å². The molecule has 1 saturated heterocycles. The van der Waals surface area contributed by atoms with Crippen LogP contribution in [0, 0.1) is 5.82 Å². The van der Waals surface area contributed by atoms with Crippen molar-refractivity contribution in [3.8, 4) is 0 Å². The van der Waals surface area contributed by atoms with Gasteiger partial charge < -0.3 is 10.1 Å². The summed E-state index contributed by atoms with van der Waals surface area (Å²) in [5.41, 5.74) is 0.105. The van der Waals surface area contributed by atoms with Crippen LogP contribution in [-0.2, 0) is 19.1 Å². The zero-order chi connectivity index (χ0) is 18.8. The molecule has 3 rings (SSSR count). The van der Waals surface area contributed by atoms with Gasteiger partial charge in [0.05, 0.1) is 24.4 Å². The number of carbonyl (C=O) groups excluding carboxylic acids is 4. The van der Waals surface area contributed by atoms with Gasteiger partial charge in [-0.05, 0) is 18.2 Å². The number of benzene rings is 1. The van der Waals surface area contributed by atoms with Gasteiger partial charge in [0, 0.05) is 11.6 Å². The SMILES string of the molecule is O=C1C=C(c2ccc(N3C[C@H](CNC(=O)CCl)OC3=O)cc2F)C(=O)N1. The Labute approximate surface area is 151 Å². The third kappa shape index (κ3) is 3.52. The zero-order valence-corrected chi connectivity index (χ0v) is 14.0. The fourth-order valence-electron chi connectivity index (χ4n) is 2.62. The number of anilines is 1. The molecule has 0 saturated carbocycles. The van der Waals surface area contributed by atoms with E-state index in [4.69, 9.17) is 16.3 Å². The van der Waals surface area contributed by atoms with Crippen LogP contribution in [0.4, 0.5) is 14.9 Å². The predicted octanol–water partition coefficient (Wildman–Crippen LogP) is 0.546. The van der Waals surface area contributed by atoms with E-state index >= 15 is 0 Å². The van der Waals surface area contributed by atoms with Gasteiger partial charge in [-0.25, -0.2) is 9.18 Å². The molecule has 0 radical (unpaired) electrons. The van der Waals surface area contributed by atoms with Gasteiger partial charge in [-0.2, -0.15) is 0 Å². The Morgan fingerprint density at radius 1 is 1.38 bits per heavy atom. The van der Waals surface area contributed by atoms with E-state index < -0.39 is 35.7 Å². The summed E-state index contributed by atoms with van der Waals surface area (Å²) >= 11 is 5.37. The minimum Gasteiger partial charge on any atom is -0.442 e. The maximum absolute atomic E-state index is 14.4. The lowest BCUT2D eigenvalue weighted by atomic mass is 10.0. The topological polar surface area (TPSA) is 105 Å². The third-order valence-corrected chi connectivity index (χ3v) is 4.08. The van der Waals surface area contributed by atoms with Crippen LogP contribution in [0.5, 0.6) is 0 Å².